The number of amides is 1. The number of rotatable bonds is 5. The van der Waals surface area contributed by atoms with Crippen LogP contribution in [-0.2, 0) is 11.2 Å². The zero-order valence-corrected chi connectivity index (χ0v) is 10.1. The predicted molar refractivity (Wildman–Crippen MR) is 66.1 cm³/mol. The van der Waals surface area contributed by atoms with Crippen molar-refractivity contribution in [3.63, 3.8) is 0 Å². The maximum absolute atomic E-state index is 11.6. The van der Waals surface area contributed by atoms with Gasteiger partial charge in [0.05, 0.1) is 12.6 Å². The van der Waals surface area contributed by atoms with Gasteiger partial charge in [-0.05, 0) is 31.0 Å². The van der Waals surface area contributed by atoms with Crippen molar-refractivity contribution in [2.45, 2.75) is 25.4 Å². The van der Waals surface area contributed by atoms with Gasteiger partial charge in [0.15, 0.2) is 11.5 Å². The molecule has 0 aliphatic carbocycles. The molecule has 0 saturated carbocycles. The summed E-state index contributed by atoms with van der Waals surface area (Å²) in [5, 5.41) is 29.8. The number of phenols is 2. The predicted octanol–water partition coefficient (Wildman–Crippen LogP) is -0.535. The van der Waals surface area contributed by atoms with E-state index in [1.807, 2.05) is 0 Å². The fraction of sp³-hybridized carbons (Fsp3) is 0.417. The Morgan fingerprint density at radius 2 is 2.06 bits per heavy atom. The Kier molecular flexibility index (Phi) is 4.94. The van der Waals surface area contributed by atoms with Gasteiger partial charge in [0.25, 0.3) is 0 Å². The van der Waals surface area contributed by atoms with E-state index in [-0.39, 0.29) is 36.5 Å². The fourth-order valence-corrected chi connectivity index (χ4v) is 1.44. The van der Waals surface area contributed by atoms with Crippen molar-refractivity contribution in [2.24, 2.45) is 5.73 Å². The van der Waals surface area contributed by atoms with E-state index in [2.05, 4.69) is 5.32 Å². The van der Waals surface area contributed by atoms with Crippen molar-refractivity contribution >= 4 is 5.91 Å². The molecule has 6 heteroatoms. The van der Waals surface area contributed by atoms with Crippen LogP contribution in [0.25, 0.3) is 0 Å². The second-order valence-electron chi connectivity index (χ2n) is 4.23. The molecule has 0 spiro atoms. The standard InChI is InChI=1S/C12H18N2O4/c1-7(6-15)14-12(18)9(13)4-8-2-3-10(16)11(17)5-8/h2-3,5,7,9,15-17H,4,6,13H2,1H3,(H,14,18)/t7-,9+/m1/s1. The van der Waals surface area contributed by atoms with Crippen LogP contribution in [0.15, 0.2) is 18.2 Å². The first-order valence-electron chi connectivity index (χ1n) is 5.61. The Bertz CT molecular complexity index is 423. The number of benzene rings is 1. The number of hydrogen-bond donors (Lipinski definition) is 5. The van der Waals surface area contributed by atoms with Crippen LogP contribution in [0.1, 0.15) is 12.5 Å². The minimum atomic E-state index is -0.775. The number of carbonyl (C=O) groups is 1. The summed E-state index contributed by atoms with van der Waals surface area (Å²) in [7, 11) is 0. The molecule has 0 aromatic heterocycles. The van der Waals surface area contributed by atoms with Crippen LogP contribution in [0.2, 0.25) is 0 Å². The molecule has 1 aromatic carbocycles. The molecular formula is C12H18N2O4. The van der Waals surface area contributed by atoms with Gasteiger partial charge in [-0.3, -0.25) is 4.79 Å². The van der Waals surface area contributed by atoms with E-state index in [4.69, 9.17) is 15.9 Å². The van der Waals surface area contributed by atoms with Crippen LogP contribution < -0.4 is 11.1 Å². The van der Waals surface area contributed by atoms with Crippen LogP contribution in [0, 0.1) is 0 Å². The van der Waals surface area contributed by atoms with Gasteiger partial charge in [0, 0.05) is 6.04 Å². The highest BCUT2D eigenvalue weighted by Crippen LogP contribution is 2.25. The van der Waals surface area contributed by atoms with Crippen LogP contribution in [0.3, 0.4) is 0 Å². The number of nitrogens with two attached hydrogens (primary N) is 1. The number of hydrogen-bond acceptors (Lipinski definition) is 5. The molecular weight excluding hydrogens is 236 g/mol. The van der Waals surface area contributed by atoms with Crippen molar-refractivity contribution in [1.29, 1.82) is 0 Å². The summed E-state index contributed by atoms with van der Waals surface area (Å²) in [6.45, 7) is 1.51. The van der Waals surface area contributed by atoms with E-state index in [1.54, 1.807) is 13.0 Å². The lowest BCUT2D eigenvalue weighted by atomic mass is 10.1. The molecule has 1 rings (SSSR count). The molecule has 6 N–H and O–H groups in total. The van der Waals surface area contributed by atoms with Crippen molar-refractivity contribution in [3.8, 4) is 11.5 Å². The average Bonchev–Trinajstić information content (AvgIpc) is 2.33. The molecule has 0 bridgehead atoms. The monoisotopic (exact) mass is 254 g/mol. The Labute approximate surface area is 105 Å². The first-order chi connectivity index (χ1) is 8.43. The van der Waals surface area contributed by atoms with E-state index in [0.29, 0.717) is 5.56 Å². The number of carbonyl (C=O) groups excluding carboxylic acids is 1. The summed E-state index contributed by atoms with van der Waals surface area (Å²) < 4.78 is 0. The molecule has 100 valence electrons. The average molecular weight is 254 g/mol. The number of aromatic hydroxyl groups is 2. The van der Waals surface area contributed by atoms with Gasteiger partial charge in [-0.15, -0.1) is 0 Å². The van der Waals surface area contributed by atoms with Crippen LogP contribution in [-0.4, -0.2) is 39.9 Å². The minimum Gasteiger partial charge on any atom is -0.504 e. The lowest BCUT2D eigenvalue weighted by molar-refractivity contribution is -0.123. The summed E-state index contributed by atoms with van der Waals surface area (Å²) in [5.41, 5.74) is 6.35. The molecule has 1 aromatic rings. The summed E-state index contributed by atoms with van der Waals surface area (Å²) in [6.07, 6.45) is 0.234. The SMILES string of the molecule is C[C@H](CO)NC(=O)[C@@H](N)Cc1ccc(O)c(O)c1. The van der Waals surface area contributed by atoms with Crippen LogP contribution >= 0.6 is 0 Å². The van der Waals surface area contributed by atoms with Crippen molar-refractivity contribution < 1.29 is 20.1 Å². The summed E-state index contributed by atoms with van der Waals surface area (Å²) in [4.78, 5) is 11.6. The molecule has 0 heterocycles. The molecule has 0 fully saturated rings. The summed E-state index contributed by atoms with van der Waals surface area (Å²) in [6, 6.07) is 3.15. The highest BCUT2D eigenvalue weighted by molar-refractivity contribution is 5.82. The zero-order valence-electron chi connectivity index (χ0n) is 10.1. The number of nitrogens with one attached hydrogen (secondary N) is 1. The van der Waals surface area contributed by atoms with Gasteiger partial charge >= 0.3 is 0 Å². The number of aliphatic hydroxyl groups is 1. The second kappa shape index (κ2) is 6.23. The zero-order chi connectivity index (χ0) is 13.7. The minimum absolute atomic E-state index is 0.154. The Morgan fingerprint density at radius 3 is 2.61 bits per heavy atom. The second-order valence-corrected chi connectivity index (χ2v) is 4.23. The highest BCUT2D eigenvalue weighted by Gasteiger charge is 2.16. The van der Waals surface area contributed by atoms with E-state index in [0.717, 1.165) is 0 Å². The van der Waals surface area contributed by atoms with E-state index in [9.17, 15) is 9.90 Å². The van der Waals surface area contributed by atoms with Gasteiger partial charge < -0.3 is 26.4 Å². The number of phenolic OH excluding ortho intramolecular Hbond substituents is 2. The van der Waals surface area contributed by atoms with Crippen molar-refractivity contribution in [1.82, 2.24) is 5.32 Å². The summed E-state index contributed by atoms with van der Waals surface area (Å²) in [5.74, 6) is -0.835. The molecule has 2 atom stereocenters. The van der Waals surface area contributed by atoms with Crippen LogP contribution in [0.5, 0.6) is 11.5 Å². The molecule has 1 amide bonds. The normalized spacial score (nSPS) is 13.9. The maximum atomic E-state index is 11.6. The van der Waals surface area contributed by atoms with Gasteiger partial charge in [0.2, 0.25) is 5.91 Å². The van der Waals surface area contributed by atoms with Gasteiger partial charge in [-0.25, -0.2) is 0 Å². The molecule has 6 nitrogen and oxygen atoms in total. The molecule has 18 heavy (non-hydrogen) atoms. The fourth-order valence-electron chi connectivity index (χ4n) is 1.44. The number of aliphatic hydroxyl groups excluding tert-OH is 1. The van der Waals surface area contributed by atoms with Crippen molar-refractivity contribution in [2.75, 3.05) is 6.61 Å². The largest absolute Gasteiger partial charge is 0.504 e. The van der Waals surface area contributed by atoms with Gasteiger partial charge in [-0.2, -0.15) is 0 Å². The molecule has 0 aliphatic heterocycles. The first-order valence-corrected chi connectivity index (χ1v) is 5.61. The lowest BCUT2D eigenvalue weighted by Gasteiger charge is -2.16. The smallest absolute Gasteiger partial charge is 0.237 e. The maximum Gasteiger partial charge on any atom is 0.237 e. The third kappa shape index (κ3) is 3.90. The Morgan fingerprint density at radius 1 is 1.39 bits per heavy atom. The van der Waals surface area contributed by atoms with E-state index < -0.39 is 6.04 Å². The quantitative estimate of drug-likeness (QED) is 0.453. The first kappa shape index (κ1) is 14.3. The lowest BCUT2D eigenvalue weighted by Crippen LogP contribution is -2.46. The topological polar surface area (TPSA) is 116 Å². The molecule has 0 saturated heterocycles. The van der Waals surface area contributed by atoms with E-state index in [1.165, 1.54) is 12.1 Å². The molecule has 0 radical (unpaired) electrons. The van der Waals surface area contributed by atoms with E-state index >= 15 is 0 Å². The third-order valence-electron chi connectivity index (χ3n) is 2.49. The highest BCUT2D eigenvalue weighted by atomic mass is 16.3. The van der Waals surface area contributed by atoms with Gasteiger partial charge in [0.1, 0.15) is 0 Å². The Balaban J connectivity index is 2.60. The third-order valence-corrected chi connectivity index (χ3v) is 2.49. The molecule has 0 unspecified atom stereocenters. The van der Waals surface area contributed by atoms with Crippen molar-refractivity contribution in [3.05, 3.63) is 23.8 Å². The molecule has 0 aliphatic rings. The van der Waals surface area contributed by atoms with Crippen LogP contribution in [0.4, 0.5) is 0 Å². The Hall–Kier alpha value is -1.79. The summed E-state index contributed by atoms with van der Waals surface area (Å²) >= 11 is 0. The van der Waals surface area contributed by atoms with Gasteiger partial charge in [-0.1, -0.05) is 6.07 Å².